The van der Waals surface area contributed by atoms with E-state index in [1.807, 2.05) is 36.4 Å². The number of aryl methyl sites for hydroxylation is 3. The van der Waals surface area contributed by atoms with Crippen LogP contribution in [0, 0.1) is 32.4 Å². The second kappa shape index (κ2) is 8.82. The van der Waals surface area contributed by atoms with Crippen LogP contribution in [0.2, 0.25) is 0 Å². The fourth-order valence-corrected chi connectivity index (χ4v) is 6.98. The van der Waals surface area contributed by atoms with Crippen LogP contribution in [0.3, 0.4) is 0 Å². The Bertz CT molecular complexity index is 2040. The van der Waals surface area contributed by atoms with E-state index in [1.54, 1.807) is 17.5 Å². The van der Waals surface area contributed by atoms with Gasteiger partial charge in [0, 0.05) is 33.3 Å². The standard InChI is InChI=1S/C33H23F2N3S/c1-18-13-19(2)30(20(3)14-18)38-28-10-5-4-9-27(28)37-32(38)26-8-6-7-25-29-24(11-12-36-33(29)39-31(25)26)21-15-22(34)17-23(35)16-21/h4-17H,1-3H3. The molecule has 0 aliphatic rings. The average molecular weight is 532 g/mol. The fraction of sp³-hybridized carbons (Fsp3) is 0.0909. The van der Waals surface area contributed by atoms with Crippen molar-refractivity contribution in [1.82, 2.24) is 14.5 Å². The maximum absolute atomic E-state index is 14.2. The number of para-hydroxylation sites is 2. The van der Waals surface area contributed by atoms with Crippen LogP contribution in [0.25, 0.3) is 59.5 Å². The summed E-state index contributed by atoms with van der Waals surface area (Å²) in [5, 5.41) is 1.87. The number of nitrogens with zero attached hydrogens (tertiary/aromatic N) is 3. The highest BCUT2D eigenvalue weighted by Crippen LogP contribution is 2.44. The first-order valence-electron chi connectivity index (χ1n) is 12.7. The Hall–Kier alpha value is -4.42. The molecule has 190 valence electrons. The number of thiophene rings is 1. The van der Waals surface area contributed by atoms with E-state index in [-0.39, 0.29) is 0 Å². The van der Waals surface area contributed by atoms with Crippen molar-refractivity contribution in [1.29, 1.82) is 0 Å². The molecule has 0 spiro atoms. The molecule has 0 fully saturated rings. The van der Waals surface area contributed by atoms with E-state index in [0.29, 0.717) is 5.56 Å². The van der Waals surface area contributed by atoms with E-state index in [0.717, 1.165) is 60.0 Å². The summed E-state index contributed by atoms with van der Waals surface area (Å²) in [5.74, 6) is -0.359. The third-order valence-electron chi connectivity index (χ3n) is 7.23. The molecule has 0 radical (unpaired) electrons. The van der Waals surface area contributed by atoms with Crippen LogP contribution in [0.15, 0.2) is 85.1 Å². The third-order valence-corrected chi connectivity index (χ3v) is 8.38. The number of rotatable bonds is 3. The summed E-state index contributed by atoms with van der Waals surface area (Å²) in [5.41, 5.74) is 8.88. The molecule has 0 saturated carbocycles. The number of pyridine rings is 1. The van der Waals surface area contributed by atoms with Crippen molar-refractivity contribution in [3.8, 4) is 28.2 Å². The van der Waals surface area contributed by atoms with Crippen LogP contribution in [0.4, 0.5) is 8.78 Å². The summed E-state index contributed by atoms with van der Waals surface area (Å²) in [6.45, 7) is 6.40. The van der Waals surface area contributed by atoms with Gasteiger partial charge >= 0.3 is 0 Å². The lowest BCUT2D eigenvalue weighted by molar-refractivity contribution is 0.584. The third kappa shape index (κ3) is 3.74. The Morgan fingerprint density at radius 2 is 1.51 bits per heavy atom. The van der Waals surface area contributed by atoms with Crippen LogP contribution >= 0.6 is 11.3 Å². The first kappa shape index (κ1) is 23.7. The van der Waals surface area contributed by atoms with Crippen LogP contribution in [0.1, 0.15) is 16.7 Å². The number of halogens is 2. The zero-order valence-electron chi connectivity index (χ0n) is 21.6. The molecule has 7 rings (SSSR count). The molecule has 0 amide bonds. The van der Waals surface area contributed by atoms with Gasteiger partial charge in [-0.15, -0.1) is 11.3 Å². The van der Waals surface area contributed by atoms with Gasteiger partial charge < -0.3 is 0 Å². The molecule has 0 atom stereocenters. The number of hydrogen-bond donors (Lipinski definition) is 0. The van der Waals surface area contributed by atoms with Gasteiger partial charge in [0.15, 0.2) is 0 Å². The molecule has 0 unspecified atom stereocenters. The average Bonchev–Trinajstić information content (AvgIpc) is 3.46. The molecule has 3 nitrogen and oxygen atoms in total. The topological polar surface area (TPSA) is 30.7 Å². The predicted octanol–water partition coefficient (Wildman–Crippen LogP) is 9.33. The summed E-state index contributed by atoms with van der Waals surface area (Å²) in [6, 6.07) is 24.2. The molecular weight excluding hydrogens is 508 g/mol. The lowest BCUT2D eigenvalue weighted by Crippen LogP contribution is -2.03. The van der Waals surface area contributed by atoms with Gasteiger partial charge in [-0.05, 0) is 79.4 Å². The SMILES string of the molecule is Cc1cc(C)c(-n2c(-c3cccc4c3sc3nccc(-c5cc(F)cc(F)c5)c34)nc3ccccc32)c(C)c1. The van der Waals surface area contributed by atoms with E-state index < -0.39 is 11.6 Å². The Balaban J connectivity index is 1.56. The summed E-state index contributed by atoms with van der Waals surface area (Å²) in [4.78, 5) is 10.6. The van der Waals surface area contributed by atoms with E-state index >= 15 is 0 Å². The molecule has 0 aliphatic carbocycles. The minimum absolute atomic E-state index is 0.489. The van der Waals surface area contributed by atoms with Crippen molar-refractivity contribution in [2.75, 3.05) is 0 Å². The normalized spacial score (nSPS) is 11.7. The van der Waals surface area contributed by atoms with Gasteiger partial charge in [0.1, 0.15) is 22.3 Å². The van der Waals surface area contributed by atoms with Gasteiger partial charge in [0.2, 0.25) is 0 Å². The summed E-state index contributed by atoms with van der Waals surface area (Å²) >= 11 is 1.57. The van der Waals surface area contributed by atoms with Crippen molar-refractivity contribution in [2.24, 2.45) is 0 Å². The quantitative estimate of drug-likeness (QED) is 0.227. The minimum Gasteiger partial charge on any atom is -0.292 e. The number of hydrogen-bond acceptors (Lipinski definition) is 3. The van der Waals surface area contributed by atoms with Gasteiger partial charge in [-0.2, -0.15) is 0 Å². The second-order valence-electron chi connectivity index (χ2n) is 9.99. The lowest BCUT2D eigenvalue weighted by atomic mass is 10.00. The number of benzene rings is 4. The summed E-state index contributed by atoms with van der Waals surface area (Å²) in [6.07, 6.45) is 1.70. The van der Waals surface area contributed by atoms with Crippen molar-refractivity contribution in [3.05, 3.63) is 113 Å². The number of aromatic nitrogens is 3. The van der Waals surface area contributed by atoms with E-state index in [1.165, 1.54) is 28.8 Å². The minimum atomic E-state index is -0.604. The van der Waals surface area contributed by atoms with E-state index in [9.17, 15) is 8.78 Å². The van der Waals surface area contributed by atoms with E-state index in [2.05, 4.69) is 54.6 Å². The molecule has 4 aromatic carbocycles. The largest absolute Gasteiger partial charge is 0.292 e. The number of fused-ring (bicyclic) bond motifs is 4. The fourth-order valence-electron chi connectivity index (χ4n) is 5.80. The zero-order chi connectivity index (χ0) is 26.8. The molecule has 3 heterocycles. The smallest absolute Gasteiger partial charge is 0.147 e. The van der Waals surface area contributed by atoms with Gasteiger partial charge in [-0.3, -0.25) is 4.57 Å². The van der Waals surface area contributed by atoms with Crippen LogP contribution in [-0.4, -0.2) is 14.5 Å². The molecule has 0 saturated heterocycles. The Labute approximate surface area is 228 Å². The first-order valence-corrected chi connectivity index (χ1v) is 13.5. The van der Waals surface area contributed by atoms with Crippen LogP contribution < -0.4 is 0 Å². The van der Waals surface area contributed by atoms with E-state index in [4.69, 9.17) is 4.98 Å². The molecule has 6 heteroatoms. The van der Waals surface area contributed by atoms with Crippen molar-refractivity contribution >= 4 is 42.7 Å². The Morgan fingerprint density at radius 3 is 2.28 bits per heavy atom. The highest BCUT2D eigenvalue weighted by atomic mass is 32.1. The number of imidazole rings is 1. The van der Waals surface area contributed by atoms with Crippen molar-refractivity contribution in [3.63, 3.8) is 0 Å². The van der Waals surface area contributed by atoms with Gasteiger partial charge in [-0.25, -0.2) is 18.7 Å². The Morgan fingerprint density at radius 1 is 0.769 bits per heavy atom. The molecule has 3 aromatic heterocycles. The predicted molar refractivity (Wildman–Crippen MR) is 157 cm³/mol. The molecule has 0 N–H and O–H groups in total. The molecule has 7 aromatic rings. The first-order chi connectivity index (χ1) is 18.9. The summed E-state index contributed by atoms with van der Waals surface area (Å²) < 4.78 is 31.6. The second-order valence-corrected chi connectivity index (χ2v) is 11.0. The maximum Gasteiger partial charge on any atom is 0.147 e. The monoisotopic (exact) mass is 531 g/mol. The Kier molecular flexibility index (Phi) is 5.35. The molecule has 39 heavy (non-hydrogen) atoms. The molecule has 0 bridgehead atoms. The highest BCUT2D eigenvalue weighted by molar-refractivity contribution is 7.26. The van der Waals surface area contributed by atoms with Gasteiger partial charge in [0.25, 0.3) is 0 Å². The van der Waals surface area contributed by atoms with Gasteiger partial charge in [-0.1, -0.05) is 42.0 Å². The molecule has 0 aliphatic heterocycles. The zero-order valence-corrected chi connectivity index (χ0v) is 22.4. The van der Waals surface area contributed by atoms with Crippen LogP contribution in [0.5, 0.6) is 0 Å². The van der Waals surface area contributed by atoms with Gasteiger partial charge in [0.05, 0.1) is 16.7 Å². The highest BCUT2D eigenvalue weighted by Gasteiger charge is 2.22. The van der Waals surface area contributed by atoms with Crippen LogP contribution in [-0.2, 0) is 0 Å². The van der Waals surface area contributed by atoms with Crippen molar-refractivity contribution in [2.45, 2.75) is 20.8 Å². The maximum atomic E-state index is 14.2. The lowest BCUT2D eigenvalue weighted by Gasteiger charge is -2.16. The summed E-state index contributed by atoms with van der Waals surface area (Å²) in [7, 11) is 0. The van der Waals surface area contributed by atoms with Crippen molar-refractivity contribution < 1.29 is 8.78 Å². The molecular formula is C33H23F2N3S.